The highest BCUT2D eigenvalue weighted by atomic mass is 35.5. The predicted octanol–water partition coefficient (Wildman–Crippen LogP) is 5.87. The summed E-state index contributed by atoms with van der Waals surface area (Å²) in [5, 5.41) is 0.624. The van der Waals surface area contributed by atoms with Gasteiger partial charge >= 0.3 is 6.18 Å². The molecule has 40 heavy (non-hydrogen) atoms. The predicted molar refractivity (Wildman–Crippen MR) is 143 cm³/mol. The van der Waals surface area contributed by atoms with Crippen LogP contribution in [0, 0.1) is 11.7 Å². The molecule has 216 valence electrons. The molecule has 0 N–H and O–H groups in total. The molecule has 0 aliphatic carbocycles. The van der Waals surface area contributed by atoms with E-state index in [1.54, 1.807) is 28.0 Å². The van der Waals surface area contributed by atoms with Crippen molar-refractivity contribution in [2.24, 2.45) is 5.92 Å². The van der Waals surface area contributed by atoms with Crippen LogP contribution in [-0.4, -0.2) is 71.7 Å². The lowest BCUT2D eigenvalue weighted by Crippen LogP contribution is -2.53. The van der Waals surface area contributed by atoms with Crippen molar-refractivity contribution in [3.8, 4) is 0 Å². The molecule has 0 saturated carbocycles. The zero-order valence-corrected chi connectivity index (χ0v) is 23.5. The number of hydrogen-bond acceptors (Lipinski definition) is 3. The minimum atomic E-state index is -4.95. The molecule has 2 fully saturated rings. The summed E-state index contributed by atoms with van der Waals surface area (Å²) in [5.74, 6) is -2.86. The molecule has 2 aromatic rings. The van der Waals surface area contributed by atoms with Crippen LogP contribution in [0.1, 0.15) is 53.6 Å². The van der Waals surface area contributed by atoms with Crippen molar-refractivity contribution in [2.45, 2.75) is 44.3 Å². The summed E-state index contributed by atoms with van der Waals surface area (Å²) >= 11 is 12.4. The van der Waals surface area contributed by atoms with Crippen molar-refractivity contribution < 1.29 is 31.9 Å². The Hall–Kier alpha value is -2.85. The van der Waals surface area contributed by atoms with E-state index in [9.17, 15) is 31.9 Å². The van der Waals surface area contributed by atoms with E-state index < -0.39 is 35.4 Å². The summed E-state index contributed by atoms with van der Waals surface area (Å²) < 4.78 is 53.7. The molecule has 0 unspecified atom stereocenters. The molecule has 2 atom stereocenters. The summed E-state index contributed by atoms with van der Waals surface area (Å²) in [6, 6.07) is 6.73. The highest BCUT2D eigenvalue weighted by Crippen LogP contribution is 2.37. The Kier molecular flexibility index (Phi) is 8.99. The molecule has 0 aromatic heterocycles. The molecule has 2 aliphatic rings. The van der Waals surface area contributed by atoms with Crippen molar-refractivity contribution in [1.82, 2.24) is 14.7 Å². The molecule has 0 radical (unpaired) electrons. The zero-order chi connectivity index (χ0) is 29.4. The van der Waals surface area contributed by atoms with Gasteiger partial charge in [-0.15, -0.1) is 0 Å². The number of hydrogen-bond donors (Lipinski definition) is 0. The molecule has 4 rings (SSSR count). The number of carbonyl (C=O) groups is 3. The third kappa shape index (κ3) is 6.38. The van der Waals surface area contributed by atoms with Crippen molar-refractivity contribution in [2.75, 3.05) is 33.2 Å². The first-order valence-electron chi connectivity index (χ1n) is 12.9. The number of amides is 3. The number of halogens is 6. The fraction of sp³-hybridized carbons (Fsp3) is 0.464. The third-order valence-corrected chi connectivity index (χ3v) is 8.62. The van der Waals surface area contributed by atoms with Gasteiger partial charge in [0.15, 0.2) is 0 Å². The molecule has 12 heteroatoms. The lowest BCUT2D eigenvalue weighted by atomic mass is 9.83. The molecular formula is C28H29Cl2F4N3O3. The van der Waals surface area contributed by atoms with E-state index >= 15 is 0 Å². The minimum absolute atomic E-state index is 0.0254. The van der Waals surface area contributed by atoms with Gasteiger partial charge in [-0.3, -0.25) is 14.4 Å². The maximum Gasteiger partial charge on any atom is 0.419 e. The van der Waals surface area contributed by atoms with E-state index in [0.29, 0.717) is 61.1 Å². The van der Waals surface area contributed by atoms with E-state index in [1.807, 2.05) is 0 Å². The molecule has 0 bridgehead atoms. The Balaban J connectivity index is 1.59. The van der Waals surface area contributed by atoms with Gasteiger partial charge in [0.05, 0.1) is 15.6 Å². The maximum absolute atomic E-state index is 13.8. The highest BCUT2D eigenvalue weighted by molar-refractivity contribution is 6.42. The molecule has 2 aromatic carbocycles. The van der Waals surface area contributed by atoms with Gasteiger partial charge in [0, 0.05) is 63.6 Å². The topological polar surface area (TPSA) is 60.9 Å². The van der Waals surface area contributed by atoms with E-state index in [1.165, 1.54) is 18.9 Å². The van der Waals surface area contributed by atoms with Gasteiger partial charge in [0.1, 0.15) is 5.82 Å². The Morgan fingerprint density at radius 1 is 0.925 bits per heavy atom. The Labute approximate surface area is 239 Å². The molecule has 3 amide bonds. The second kappa shape index (κ2) is 11.9. The number of likely N-dealkylation sites (tertiary alicyclic amines) is 2. The smallest absolute Gasteiger partial charge is 0.343 e. The van der Waals surface area contributed by atoms with Gasteiger partial charge < -0.3 is 14.7 Å². The normalized spacial score (nSPS) is 20.4. The summed E-state index contributed by atoms with van der Waals surface area (Å²) in [7, 11) is 1.49. The maximum atomic E-state index is 13.8. The van der Waals surface area contributed by atoms with Gasteiger partial charge in [-0.2, -0.15) is 13.2 Å². The molecular weight excluding hydrogens is 573 g/mol. The largest absolute Gasteiger partial charge is 0.419 e. The number of likely N-dealkylation sites (N-methyl/N-ethyl adjacent to an activating group) is 1. The van der Waals surface area contributed by atoms with Crippen LogP contribution in [0.3, 0.4) is 0 Å². The van der Waals surface area contributed by atoms with E-state index in [2.05, 4.69) is 0 Å². The molecule has 2 heterocycles. The first-order valence-corrected chi connectivity index (χ1v) is 13.7. The van der Waals surface area contributed by atoms with Gasteiger partial charge in [0.2, 0.25) is 11.8 Å². The minimum Gasteiger partial charge on any atom is -0.343 e. The average Bonchev–Trinajstić information content (AvgIpc) is 2.92. The third-order valence-electron chi connectivity index (χ3n) is 7.89. The summed E-state index contributed by atoms with van der Waals surface area (Å²) in [6.45, 7) is 3.11. The van der Waals surface area contributed by atoms with Crippen LogP contribution in [0.4, 0.5) is 17.6 Å². The standard InChI is InChI=1S/C28H29Cl2F4N3O3/c1-16(38)36-10-7-17(8-11-36)27(40)37-12-9-25(20(15-37)18-3-5-22(29)23(30)14-18)35(2)26(39)19-4-6-24(31)21(13-19)28(32,33)34/h3-6,13-14,17,20,25H,7-12,15H2,1-2H3/t20-,25+/m0/s1. The zero-order valence-electron chi connectivity index (χ0n) is 22.0. The van der Waals surface area contributed by atoms with Crippen LogP contribution in [0.2, 0.25) is 10.0 Å². The summed E-state index contributed by atoms with van der Waals surface area (Å²) in [5.41, 5.74) is -1.08. The number of carbonyl (C=O) groups excluding carboxylic acids is 3. The Morgan fingerprint density at radius 3 is 2.17 bits per heavy atom. The monoisotopic (exact) mass is 601 g/mol. The van der Waals surface area contributed by atoms with Crippen LogP contribution in [0.5, 0.6) is 0 Å². The van der Waals surface area contributed by atoms with Gasteiger partial charge in [0.25, 0.3) is 5.91 Å². The van der Waals surface area contributed by atoms with E-state index in [4.69, 9.17) is 23.2 Å². The van der Waals surface area contributed by atoms with E-state index in [0.717, 1.165) is 11.6 Å². The Morgan fingerprint density at radius 2 is 1.57 bits per heavy atom. The molecule has 6 nitrogen and oxygen atoms in total. The van der Waals surface area contributed by atoms with Crippen molar-refractivity contribution in [1.29, 1.82) is 0 Å². The first-order chi connectivity index (χ1) is 18.8. The molecule has 0 spiro atoms. The van der Waals surface area contributed by atoms with Crippen LogP contribution in [-0.2, 0) is 15.8 Å². The summed E-state index contributed by atoms with van der Waals surface area (Å²) in [6.07, 6.45) is -3.48. The lowest BCUT2D eigenvalue weighted by molar-refractivity contribution is -0.141. The number of rotatable bonds is 4. The number of nitrogens with zero attached hydrogens (tertiary/aromatic N) is 3. The van der Waals surface area contributed by atoms with Gasteiger partial charge in [-0.25, -0.2) is 4.39 Å². The van der Waals surface area contributed by atoms with Crippen molar-refractivity contribution in [3.63, 3.8) is 0 Å². The fourth-order valence-electron chi connectivity index (χ4n) is 5.60. The second-order valence-electron chi connectivity index (χ2n) is 10.3. The lowest BCUT2D eigenvalue weighted by Gasteiger charge is -2.44. The summed E-state index contributed by atoms with van der Waals surface area (Å²) in [4.78, 5) is 43.3. The first kappa shape index (κ1) is 30.1. The van der Waals surface area contributed by atoms with Gasteiger partial charge in [-0.05, 0) is 55.2 Å². The van der Waals surface area contributed by atoms with Crippen molar-refractivity contribution >= 4 is 40.9 Å². The van der Waals surface area contributed by atoms with Crippen LogP contribution in [0.15, 0.2) is 36.4 Å². The fourth-order valence-corrected chi connectivity index (χ4v) is 5.91. The molecule has 2 saturated heterocycles. The number of piperidine rings is 2. The van der Waals surface area contributed by atoms with E-state index in [-0.39, 0.29) is 29.8 Å². The Bertz CT molecular complexity index is 1300. The molecule has 2 aliphatic heterocycles. The average molecular weight is 602 g/mol. The van der Waals surface area contributed by atoms with Gasteiger partial charge in [-0.1, -0.05) is 29.3 Å². The van der Waals surface area contributed by atoms with Crippen LogP contribution in [0.25, 0.3) is 0 Å². The second-order valence-corrected chi connectivity index (χ2v) is 11.1. The SMILES string of the molecule is CC(=O)N1CCC(C(=O)N2CC[C@@H](N(C)C(=O)c3ccc(F)c(C(F)(F)F)c3)[C@H](c3ccc(Cl)c(Cl)c3)C2)CC1. The number of alkyl halides is 3. The number of benzene rings is 2. The van der Waals surface area contributed by atoms with Crippen molar-refractivity contribution in [3.05, 3.63) is 69.0 Å². The van der Waals surface area contributed by atoms with Crippen LogP contribution >= 0.6 is 23.2 Å². The van der Waals surface area contributed by atoms with Crippen LogP contribution < -0.4 is 0 Å². The quantitative estimate of drug-likeness (QED) is 0.412. The highest BCUT2D eigenvalue weighted by Gasteiger charge is 2.40.